The molecule has 0 aliphatic carbocycles. The molecule has 2 aromatic rings. The van der Waals surface area contributed by atoms with E-state index in [4.69, 9.17) is 0 Å². The molecule has 0 aliphatic heterocycles. The zero-order valence-electron chi connectivity index (χ0n) is 9.88. The van der Waals surface area contributed by atoms with Crippen molar-refractivity contribution in [2.45, 2.75) is 6.92 Å². The standard InChI is InChI=1S/C13H9F3N2O/c1-7-2-3-8(6-10(7)14)18-13(19)9-4-5-17-12(16)11(9)15/h2-6H,1H3,(H,18,19). The molecule has 1 aromatic carbocycles. The molecular weight excluding hydrogens is 257 g/mol. The van der Waals surface area contributed by atoms with Crippen molar-refractivity contribution < 1.29 is 18.0 Å². The second kappa shape index (κ2) is 5.09. The van der Waals surface area contributed by atoms with Crippen LogP contribution in [0.1, 0.15) is 15.9 Å². The van der Waals surface area contributed by atoms with Crippen LogP contribution in [-0.2, 0) is 0 Å². The zero-order chi connectivity index (χ0) is 14.0. The number of aryl methyl sites for hydroxylation is 1. The van der Waals surface area contributed by atoms with E-state index in [2.05, 4.69) is 10.3 Å². The van der Waals surface area contributed by atoms with Gasteiger partial charge in [0.25, 0.3) is 5.91 Å². The summed E-state index contributed by atoms with van der Waals surface area (Å²) in [7, 11) is 0. The van der Waals surface area contributed by atoms with Gasteiger partial charge in [-0.25, -0.2) is 13.8 Å². The van der Waals surface area contributed by atoms with Gasteiger partial charge >= 0.3 is 0 Å². The summed E-state index contributed by atoms with van der Waals surface area (Å²) < 4.78 is 39.5. The van der Waals surface area contributed by atoms with E-state index in [1.54, 1.807) is 6.92 Å². The Hall–Kier alpha value is -2.37. The molecule has 2 rings (SSSR count). The number of anilines is 1. The molecule has 0 saturated heterocycles. The maximum atomic E-state index is 13.3. The van der Waals surface area contributed by atoms with Crippen LogP contribution in [0.25, 0.3) is 0 Å². The number of nitrogens with one attached hydrogen (secondary N) is 1. The van der Waals surface area contributed by atoms with Gasteiger partial charge in [0.05, 0.1) is 5.56 Å². The van der Waals surface area contributed by atoms with Gasteiger partial charge in [-0.1, -0.05) is 6.07 Å². The summed E-state index contributed by atoms with van der Waals surface area (Å²) in [6.45, 7) is 1.57. The highest BCUT2D eigenvalue weighted by molar-refractivity contribution is 6.04. The Bertz CT molecular complexity index is 644. The van der Waals surface area contributed by atoms with Crippen LogP contribution in [0, 0.1) is 24.5 Å². The van der Waals surface area contributed by atoms with Crippen molar-refractivity contribution in [3.05, 3.63) is 59.2 Å². The average molecular weight is 266 g/mol. The second-order valence-corrected chi connectivity index (χ2v) is 3.88. The Morgan fingerprint density at radius 3 is 2.63 bits per heavy atom. The van der Waals surface area contributed by atoms with E-state index in [0.717, 1.165) is 18.3 Å². The van der Waals surface area contributed by atoms with Crippen LogP contribution in [-0.4, -0.2) is 10.9 Å². The van der Waals surface area contributed by atoms with Gasteiger partial charge in [0, 0.05) is 11.9 Å². The lowest BCUT2D eigenvalue weighted by atomic mass is 10.2. The topological polar surface area (TPSA) is 42.0 Å². The molecule has 0 saturated carbocycles. The number of halogens is 3. The van der Waals surface area contributed by atoms with Gasteiger partial charge in [-0.05, 0) is 30.7 Å². The lowest BCUT2D eigenvalue weighted by Gasteiger charge is -2.07. The van der Waals surface area contributed by atoms with Crippen molar-refractivity contribution in [2.75, 3.05) is 5.32 Å². The highest BCUT2D eigenvalue weighted by Crippen LogP contribution is 2.16. The summed E-state index contributed by atoms with van der Waals surface area (Å²) in [6, 6.07) is 5.07. The number of carbonyl (C=O) groups excluding carboxylic acids is 1. The van der Waals surface area contributed by atoms with Gasteiger partial charge in [0.1, 0.15) is 5.82 Å². The van der Waals surface area contributed by atoms with Crippen molar-refractivity contribution in [1.29, 1.82) is 0 Å². The third-order valence-electron chi connectivity index (χ3n) is 2.52. The first-order valence-corrected chi connectivity index (χ1v) is 5.36. The van der Waals surface area contributed by atoms with Gasteiger partial charge in [-0.2, -0.15) is 4.39 Å². The van der Waals surface area contributed by atoms with E-state index < -0.39 is 29.1 Å². The Kier molecular flexibility index (Phi) is 3.50. The van der Waals surface area contributed by atoms with Crippen LogP contribution in [0.4, 0.5) is 18.9 Å². The number of pyridine rings is 1. The highest BCUT2D eigenvalue weighted by Gasteiger charge is 2.16. The first-order chi connectivity index (χ1) is 8.99. The molecule has 6 heteroatoms. The van der Waals surface area contributed by atoms with E-state index in [1.807, 2.05) is 0 Å². The summed E-state index contributed by atoms with van der Waals surface area (Å²) in [5.74, 6) is -4.07. The number of benzene rings is 1. The van der Waals surface area contributed by atoms with Gasteiger partial charge < -0.3 is 5.32 Å². The predicted molar refractivity (Wildman–Crippen MR) is 63.2 cm³/mol. The van der Waals surface area contributed by atoms with Crippen molar-refractivity contribution in [1.82, 2.24) is 4.98 Å². The second-order valence-electron chi connectivity index (χ2n) is 3.88. The Labute approximate surface area is 107 Å². The summed E-state index contributed by atoms with van der Waals surface area (Å²) in [5, 5.41) is 2.28. The molecular formula is C13H9F3N2O. The number of nitrogens with zero attached hydrogens (tertiary/aromatic N) is 1. The first-order valence-electron chi connectivity index (χ1n) is 5.36. The van der Waals surface area contributed by atoms with Gasteiger partial charge in [0.2, 0.25) is 5.95 Å². The zero-order valence-corrected chi connectivity index (χ0v) is 9.88. The van der Waals surface area contributed by atoms with E-state index in [1.165, 1.54) is 12.1 Å². The fourth-order valence-electron chi connectivity index (χ4n) is 1.46. The van der Waals surface area contributed by atoms with Crippen LogP contribution in [0.3, 0.4) is 0 Å². The molecule has 0 aliphatic rings. The minimum absolute atomic E-state index is 0.157. The highest BCUT2D eigenvalue weighted by atomic mass is 19.2. The molecule has 3 nitrogen and oxygen atoms in total. The van der Waals surface area contributed by atoms with E-state index in [0.29, 0.717) is 5.56 Å². The largest absolute Gasteiger partial charge is 0.322 e. The Morgan fingerprint density at radius 1 is 1.21 bits per heavy atom. The number of rotatable bonds is 2. The molecule has 0 atom stereocenters. The fourth-order valence-corrected chi connectivity index (χ4v) is 1.46. The Balaban J connectivity index is 2.26. The SMILES string of the molecule is Cc1ccc(NC(=O)c2ccnc(F)c2F)cc1F. The maximum Gasteiger partial charge on any atom is 0.258 e. The quantitative estimate of drug-likeness (QED) is 0.849. The van der Waals surface area contributed by atoms with Crippen molar-refractivity contribution in [2.24, 2.45) is 0 Å². The molecule has 98 valence electrons. The molecule has 0 fully saturated rings. The average Bonchev–Trinajstić information content (AvgIpc) is 2.37. The molecule has 1 N–H and O–H groups in total. The van der Waals surface area contributed by atoms with E-state index in [9.17, 15) is 18.0 Å². The molecule has 0 unspecified atom stereocenters. The molecule has 0 spiro atoms. The maximum absolute atomic E-state index is 13.3. The molecule has 19 heavy (non-hydrogen) atoms. The summed E-state index contributed by atoms with van der Waals surface area (Å²) in [5.41, 5.74) is 0.0809. The van der Waals surface area contributed by atoms with Crippen LogP contribution in [0.15, 0.2) is 30.5 Å². The summed E-state index contributed by atoms with van der Waals surface area (Å²) >= 11 is 0. The smallest absolute Gasteiger partial charge is 0.258 e. The Morgan fingerprint density at radius 2 is 1.95 bits per heavy atom. The third-order valence-corrected chi connectivity index (χ3v) is 2.52. The van der Waals surface area contributed by atoms with Crippen LogP contribution < -0.4 is 5.32 Å². The van der Waals surface area contributed by atoms with Crippen molar-refractivity contribution >= 4 is 11.6 Å². The molecule has 1 heterocycles. The predicted octanol–water partition coefficient (Wildman–Crippen LogP) is 3.06. The summed E-state index contributed by atoms with van der Waals surface area (Å²) in [4.78, 5) is 14.8. The monoisotopic (exact) mass is 266 g/mol. The third kappa shape index (κ3) is 2.73. The number of carbonyl (C=O) groups is 1. The molecule has 1 amide bonds. The van der Waals surface area contributed by atoms with Crippen LogP contribution in [0.5, 0.6) is 0 Å². The van der Waals surface area contributed by atoms with Crippen molar-refractivity contribution in [3.63, 3.8) is 0 Å². The van der Waals surface area contributed by atoms with Crippen LogP contribution >= 0.6 is 0 Å². The van der Waals surface area contributed by atoms with Crippen molar-refractivity contribution in [3.8, 4) is 0 Å². The minimum Gasteiger partial charge on any atom is -0.322 e. The fraction of sp³-hybridized carbons (Fsp3) is 0.0769. The normalized spacial score (nSPS) is 10.3. The number of hydrogen-bond acceptors (Lipinski definition) is 2. The van der Waals surface area contributed by atoms with Gasteiger partial charge in [-0.15, -0.1) is 0 Å². The summed E-state index contributed by atoms with van der Waals surface area (Å²) in [6.07, 6.45) is 0.975. The van der Waals surface area contributed by atoms with E-state index >= 15 is 0 Å². The number of hydrogen-bond donors (Lipinski definition) is 1. The lowest BCUT2D eigenvalue weighted by molar-refractivity contribution is 0.102. The number of amides is 1. The van der Waals surface area contributed by atoms with Gasteiger partial charge in [0.15, 0.2) is 5.82 Å². The van der Waals surface area contributed by atoms with Crippen LogP contribution in [0.2, 0.25) is 0 Å². The van der Waals surface area contributed by atoms with Gasteiger partial charge in [-0.3, -0.25) is 4.79 Å². The first kappa shape index (κ1) is 13.1. The molecule has 1 aromatic heterocycles. The van der Waals surface area contributed by atoms with E-state index in [-0.39, 0.29) is 5.69 Å². The minimum atomic E-state index is -1.36. The number of aromatic nitrogens is 1. The molecule has 0 bridgehead atoms. The molecule has 0 radical (unpaired) electrons. The lowest BCUT2D eigenvalue weighted by Crippen LogP contribution is -2.15.